The maximum absolute atomic E-state index is 12.5. The van der Waals surface area contributed by atoms with Crippen LogP contribution in [0.2, 0.25) is 0 Å². The van der Waals surface area contributed by atoms with Gasteiger partial charge in [0.2, 0.25) is 5.91 Å². The zero-order valence-corrected chi connectivity index (χ0v) is 12.2. The van der Waals surface area contributed by atoms with E-state index in [1.54, 1.807) is 0 Å². The molecule has 112 valence electrons. The second-order valence-electron chi connectivity index (χ2n) is 6.07. The fourth-order valence-corrected chi connectivity index (χ4v) is 2.93. The number of amides is 1. The molecule has 5 heteroatoms. The van der Waals surface area contributed by atoms with Gasteiger partial charge in [0.05, 0.1) is 0 Å². The lowest BCUT2D eigenvalue weighted by atomic mass is 9.76. The molecule has 1 heterocycles. The van der Waals surface area contributed by atoms with E-state index in [2.05, 4.69) is 5.32 Å². The Balaban J connectivity index is 1.82. The van der Waals surface area contributed by atoms with Gasteiger partial charge in [-0.05, 0) is 50.3 Å². The van der Waals surface area contributed by atoms with Crippen LogP contribution in [0.5, 0.6) is 5.75 Å². The van der Waals surface area contributed by atoms with Crippen LogP contribution in [0, 0.1) is 13.8 Å². The van der Waals surface area contributed by atoms with Crippen molar-refractivity contribution in [3.63, 3.8) is 0 Å². The minimum atomic E-state index is -1.07. The summed E-state index contributed by atoms with van der Waals surface area (Å²) in [6.45, 7) is 4.27. The molecule has 1 aromatic carbocycles. The first-order valence-electron chi connectivity index (χ1n) is 7.22. The first-order valence-corrected chi connectivity index (χ1v) is 7.22. The maximum Gasteiger partial charge on any atom is 0.329 e. The van der Waals surface area contributed by atoms with Gasteiger partial charge in [-0.25, -0.2) is 4.79 Å². The summed E-state index contributed by atoms with van der Waals surface area (Å²) in [6.07, 6.45) is 1.84. The van der Waals surface area contributed by atoms with Crippen LogP contribution < -0.4 is 10.1 Å². The Bertz CT molecular complexity index is 619. The van der Waals surface area contributed by atoms with E-state index in [4.69, 9.17) is 4.74 Å². The lowest BCUT2D eigenvalue weighted by Gasteiger charge is -2.38. The molecule has 0 saturated heterocycles. The van der Waals surface area contributed by atoms with E-state index in [0.717, 1.165) is 28.9 Å². The predicted molar refractivity (Wildman–Crippen MR) is 76.5 cm³/mol. The summed E-state index contributed by atoms with van der Waals surface area (Å²) in [5, 5.41) is 12.0. The van der Waals surface area contributed by atoms with E-state index >= 15 is 0 Å². The third-order valence-corrected chi connectivity index (χ3v) is 4.70. The number of carbonyl (C=O) groups is 2. The Morgan fingerprint density at radius 1 is 1.29 bits per heavy atom. The number of benzene rings is 1. The van der Waals surface area contributed by atoms with E-state index in [9.17, 15) is 14.7 Å². The quantitative estimate of drug-likeness (QED) is 0.891. The molecule has 3 rings (SSSR count). The SMILES string of the molecule is Cc1cc2c(cc1C)C(C(=O)NC1(C(=O)O)CCC1)CO2. The number of fused-ring (bicyclic) bond motifs is 1. The monoisotopic (exact) mass is 289 g/mol. The smallest absolute Gasteiger partial charge is 0.329 e. The van der Waals surface area contributed by atoms with Crippen LogP contribution in [0.15, 0.2) is 12.1 Å². The van der Waals surface area contributed by atoms with Crippen LogP contribution in [-0.2, 0) is 9.59 Å². The molecule has 1 atom stereocenters. The number of carboxylic acid groups (broad SMARTS) is 1. The fourth-order valence-electron chi connectivity index (χ4n) is 2.93. The molecule has 0 spiro atoms. The Morgan fingerprint density at radius 3 is 2.52 bits per heavy atom. The number of carboxylic acids is 1. The number of hydrogen-bond acceptors (Lipinski definition) is 3. The predicted octanol–water partition coefficient (Wildman–Crippen LogP) is 1.90. The van der Waals surface area contributed by atoms with Crippen molar-refractivity contribution in [3.8, 4) is 5.75 Å². The molecule has 1 aromatic rings. The van der Waals surface area contributed by atoms with Crippen molar-refractivity contribution in [2.45, 2.75) is 44.6 Å². The van der Waals surface area contributed by atoms with Crippen LogP contribution in [0.3, 0.4) is 0 Å². The van der Waals surface area contributed by atoms with Crippen molar-refractivity contribution in [2.75, 3.05) is 6.61 Å². The first-order chi connectivity index (χ1) is 9.93. The number of nitrogens with one attached hydrogen (secondary N) is 1. The Morgan fingerprint density at radius 2 is 1.95 bits per heavy atom. The van der Waals surface area contributed by atoms with Crippen molar-refractivity contribution in [1.82, 2.24) is 5.32 Å². The number of aryl methyl sites for hydroxylation is 2. The van der Waals surface area contributed by atoms with E-state index in [-0.39, 0.29) is 12.5 Å². The summed E-state index contributed by atoms with van der Waals surface area (Å²) in [5.41, 5.74) is 2.01. The summed E-state index contributed by atoms with van der Waals surface area (Å²) in [7, 11) is 0. The van der Waals surface area contributed by atoms with Gasteiger partial charge in [0.25, 0.3) is 0 Å². The van der Waals surface area contributed by atoms with Crippen molar-refractivity contribution in [2.24, 2.45) is 0 Å². The lowest BCUT2D eigenvalue weighted by Crippen LogP contribution is -2.60. The third-order valence-electron chi connectivity index (χ3n) is 4.70. The topological polar surface area (TPSA) is 75.6 Å². The molecule has 5 nitrogen and oxygen atoms in total. The molecule has 1 unspecified atom stereocenters. The van der Waals surface area contributed by atoms with Crippen LogP contribution in [0.4, 0.5) is 0 Å². The van der Waals surface area contributed by atoms with Gasteiger partial charge in [-0.3, -0.25) is 4.79 Å². The largest absolute Gasteiger partial charge is 0.492 e. The Hall–Kier alpha value is -2.04. The molecule has 1 fully saturated rings. The van der Waals surface area contributed by atoms with Gasteiger partial charge in [-0.1, -0.05) is 6.07 Å². The molecule has 0 bridgehead atoms. The second kappa shape index (κ2) is 4.76. The second-order valence-corrected chi connectivity index (χ2v) is 6.07. The normalized spacial score (nSPS) is 21.9. The molecule has 1 amide bonds. The number of aliphatic carboxylic acids is 1. The van der Waals surface area contributed by atoms with Crippen molar-refractivity contribution >= 4 is 11.9 Å². The molecule has 1 aliphatic carbocycles. The minimum absolute atomic E-state index is 0.251. The molecule has 2 aliphatic rings. The summed E-state index contributed by atoms with van der Waals surface area (Å²) in [5.74, 6) is -0.882. The van der Waals surface area contributed by atoms with Crippen LogP contribution in [-0.4, -0.2) is 29.1 Å². The Labute approximate surface area is 123 Å². The highest BCUT2D eigenvalue weighted by Crippen LogP contribution is 2.38. The number of ether oxygens (including phenoxy) is 1. The van der Waals surface area contributed by atoms with Gasteiger partial charge in [0.1, 0.15) is 23.8 Å². The summed E-state index contributed by atoms with van der Waals surface area (Å²) < 4.78 is 5.59. The van der Waals surface area contributed by atoms with Crippen LogP contribution in [0.1, 0.15) is 41.9 Å². The molecule has 1 saturated carbocycles. The van der Waals surface area contributed by atoms with Gasteiger partial charge in [0, 0.05) is 5.56 Å². The van der Waals surface area contributed by atoms with E-state index in [1.165, 1.54) is 0 Å². The molecule has 0 radical (unpaired) electrons. The minimum Gasteiger partial charge on any atom is -0.492 e. The summed E-state index contributed by atoms with van der Waals surface area (Å²) >= 11 is 0. The third kappa shape index (κ3) is 2.17. The van der Waals surface area contributed by atoms with Gasteiger partial charge >= 0.3 is 5.97 Å². The van der Waals surface area contributed by atoms with Gasteiger partial charge in [-0.2, -0.15) is 0 Å². The molecule has 2 N–H and O–H groups in total. The lowest BCUT2D eigenvalue weighted by molar-refractivity contribution is -0.152. The zero-order chi connectivity index (χ0) is 15.2. The standard InChI is InChI=1S/C16H19NO4/c1-9-6-11-12(8-21-13(11)7-10(9)2)14(18)17-16(15(19)20)4-3-5-16/h6-7,12H,3-5,8H2,1-2H3,(H,17,18)(H,19,20). The molecular weight excluding hydrogens is 270 g/mol. The highest BCUT2D eigenvalue weighted by Gasteiger charge is 2.47. The van der Waals surface area contributed by atoms with Crippen LogP contribution >= 0.6 is 0 Å². The van der Waals surface area contributed by atoms with Gasteiger partial charge in [0.15, 0.2) is 0 Å². The molecule has 0 aromatic heterocycles. The Kier molecular flexibility index (Phi) is 3.15. The van der Waals surface area contributed by atoms with Crippen molar-refractivity contribution in [3.05, 3.63) is 28.8 Å². The van der Waals surface area contributed by atoms with Gasteiger partial charge in [-0.15, -0.1) is 0 Å². The zero-order valence-electron chi connectivity index (χ0n) is 12.2. The molecule has 1 aliphatic heterocycles. The first kappa shape index (κ1) is 13.9. The van der Waals surface area contributed by atoms with Crippen molar-refractivity contribution < 1.29 is 19.4 Å². The molecule has 21 heavy (non-hydrogen) atoms. The van der Waals surface area contributed by atoms with E-state index in [1.807, 2.05) is 26.0 Å². The summed E-state index contributed by atoms with van der Waals surface area (Å²) in [6, 6.07) is 3.91. The average molecular weight is 289 g/mol. The average Bonchev–Trinajstić information content (AvgIpc) is 2.76. The number of carbonyl (C=O) groups excluding carboxylic acids is 1. The number of hydrogen-bond donors (Lipinski definition) is 2. The highest BCUT2D eigenvalue weighted by molar-refractivity contribution is 5.92. The van der Waals surface area contributed by atoms with Crippen molar-refractivity contribution in [1.29, 1.82) is 0 Å². The molecular formula is C16H19NO4. The maximum atomic E-state index is 12.5. The van der Waals surface area contributed by atoms with Gasteiger partial charge < -0.3 is 15.2 Å². The van der Waals surface area contributed by atoms with Crippen LogP contribution in [0.25, 0.3) is 0 Å². The summed E-state index contributed by atoms with van der Waals surface area (Å²) in [4.78, 5) is 23.8. The fraction of sp³-hybridized carbons (Fsp3) is 0.500. The van der Waals surface area contributed by atoms with E-state index in [0.29, 0.717) is 12.8 Å². The number of rotatable bonds is 3. The highest BCUT2D eigenvalue weighted by atomic mass is 16.5. The van der Waals surface area contributed by atoms with E-state index < -0.39 is 17.4 Å².